The fourth-order valence-electron chi connectivity index (χ4n) is 1.34. The Kier molecular flexibility index (Phi) is 2.11. The molecule has 1 aliphatic rings. The first-order chi connectivity index (χ1) is 6.18. The largest absolute Gasteiger partial charge is 0.492 e. The molecule has 0 unspecified atom stereocenters. The molecule has 2 N–H and O–H groups in total. The maximum absolute atomic E-state index is 11.2. The molecule has 1 aromatic rings. The third-order valence-corrected chi connectivity index (χ3v) is 3.07. The van der Waals surface area contributed by atoms with Crippen molar-refractivity contribution in [2.75, 3.05) is 0 Å². The van der Waals surface area contributed by atoms with Crippen molar-refractivity contribution in [3.8, 4) is 5.88 Å². The fraction of sp³-hybridized carbons (Fsp3) is 0.500. The molecule has 0 saturated heterocycles. The second kappa shape index (κ2) is 3.14. The highest BCUT2D eigenvalue weighted by Gasteiger charge is 2.23. The number of aromatic hydroxyl groups is 1. The zero-order valence-electron chi connectivity index (χ0n) is 6.88. The molecular weight excluding hydrogens is 236 g/mol. The van der Waals surface area contributed by atoms with Crippen LogP contribution in [0.4, 0.5) is 0 Å². The second-order valence-corrected chi connectivity index (χ2v) is 4.01. The van der Waals surface area contributed by atoms with Crippen LogP contribution < -0.4 is 5.56 Å². The number of nitrogens with zero attached hydrogens (tertiary/aromatic N) is 1. The van der Waals surface area contributed by atoms with Gasteiger partial charge < -0.3 is 10.1 Å². The molecule has 4 nitrogen and oxygen atoms in total. The molecule has 1 aliphatic carbocycles. The lowest BCUT2D eigenvalue weighted by Gasteiger charge is -2.23. The average molecular weight is 245 g/mol. The van der Waals surface area contributed by atoms with Gasteiger partial charge >= 0.3 is 0 Å². The minimum atomic E-state index is -0.311. The van der Waals surface area contributed by atoms with E-state index in [0.717, 1.165) is 12.8 Å². The van der Waals surface area contributed by atoms with Crippen molar-refractivity contribution in [3.05, 3.63) is 20.7 Å². The Morgan fingerprint density at radius 1 is 1.54 bits per heavy atom. The summed E-state index contributed by atoms with van der Waals surface area (Å²) in [6.45, 7) is 0. The molecule has 0 radical (unpaired) electrons. The predicted molar refractivity (Wildman–Crippen MR) is 50.8 cm³/mol. The highest BCUT2D eigenvalue weighted by Crippen LogP contribution is 2.34. The zero-order chi connectivity index (χ0) is 9.42. The molecule has 0 aliphatic heterocycles. The number of H-pyrrole nitrogens is 1. The van der Waals surface area contributed by atoms with E-state index < -0.39 is 0 Å². The molecule has 2 rings (SSSR count). The van der Waals surface area contributed by atoms with Crippen LogP contribution in [0.1, 0.15) is 31.0 Å². The van der Waals surface area contributed by atoms with Gasteiger partial charge in [-0.25, -0.2) is 0 Å². The Balaban J connectivity index is 2.43. The van der Waals surface area contributed by atoms with Crippen LogP contribution in [0.25, 0.3) is 0 Å². The average Bonchev–Trinajstić information content (AvgIpc) is 1.96. The minimum absolute atomic E-state index is 0.107. The summed E-state index contributed by atoms with van der Waals surface area (Å²) < 4.78 is 0.107. The van der Waals surface area contributed by atoms with Crippen LogP contribution in [0.2, 0.25) is 0 Å². The summed E-state index contributed by atoms with van der Waals surface area (Å²) in [6.07, 6.45) is 3.26. The smallest absolute Gasteiger partial charge is 0.269 e. The number of hydrogen-bond donors (Lipinski definition) is 2. The Bertz CT molecular complexity index is 384. The van der Waals surface area contributed by atoms with Crippen molar-refractivity contribution in [1.82, 2.24) is 9.97 Å². The summed E-state index contributed by atoms with van der Waals surface area (Å²) in [5.41, 5.74) is -0.311. The lowest BCUT2D eigenvalue weighted by atomic mass is 9.85. The van der Waals surface area contributed by atoms with Gasteiger partial charge in [0.2, 0.25) is 5.88 Å². The van der Waals surface area contributed by atoms with Crippen LogP contribution in [0.5, 0.6) is 5.88 Å². The van der Waals surface area contributed by atoms with E-state index in [-0.39, 0.29) is 15.9 Å². The Morgan fingerprint density at radius 3 is 2.69 bits per heavy atom. The lowest BCUT2D eigenvalue weighted by Crippen LogP contribution is -2.18. The van der Waals surface area contributed by atoms with Gasteiger partial charge in [-0.2, -0.15) is 4.98 Å². The maximum Gasteiger partial charge on any atom is 0.269 e. The standard InChI is InChI=1S/C8H9BrN2O2/c9-5-7(12)10-6(11-8(5)13)4-2-1-3-4/h4H,1-3H2,(H2,10,11,12,13). The van der Waals surface area contributed by atoms with Gasteiger partial charge in [0.1, 0.15) is 10.3 Å². The molecule has 70 valence electrons. The number of rotatable bonds is 1. The summed E-state index contributed by atoms with van der Waals surface area (Å²) in [7, 11) is 0. The van der Waals surface area contributed by atoms with Crippen LogP contribution in [-0.2, 0) is 0 Å². The van der Waals surface area contributed by atoms with E-state index in [0.29, 0.717) is 11.7 Å². The van der Waals surface area contributed by atoms with Crippen LogP contribution >= 0.6 is 15.9 Å². The first-order valence-corrected chi connectivity index (χ1v) is 4.96. The van der Waals surface area contributed by atoms with Crippen LogP contribution in [0.15, 0.2) is 9.27 Å². The van der Waals surface area contributed by atoms with Crippen molar-refractivity contribution in [3.63, 3.8) is 0 Å². The van der Waals surface area contributed by atoms with E-state index in [1.165, 1.54) is 6.42 Å². The minimum Gasteiger partial charge on any atom is -0.492 e. The number of halogens is 1. The van der Waals surface area contributed by atoms with Gasteiger partial charge in [-0.3, -0.25) is 4.79 Å². The molecule has 0 spiro atoms. The molecule has 13 heavy (non-hydrogen) atoms. The van der Waals surface area contributed by atoms with Crippen molar-refractivity contribution < 1.29 is 5.11 Å². The molecule has 1 heterocycles. The summed E-state index contributed by atoms with van der Waals surface area (Å²) in [5, 5.41) is 9.27. The van der Waals surface area contributed by atoms with Gasteiger partial charge in [-0.15, -0.1) is 0 Å². The third-order valence-electron chi connectivity index (χ3n) is 2.36. The topological polar surface area (TPSA) is 66.0 Å². The first kappa shape index (κ1) is 8.74. The van der Waals surface area contributed by atoms with E-state index in [9.17, 15) is 9.90 Å². The predicted octanol–water partition coefficient (Wildman–Crippen LogP) is 1.51. The molecule has 1 aromatic heterocycles. The number of aromatic amines is 1. The molecule has 0 atom stereocenters. The molecule has 1 saturated carbocycles. The molecule has 1 fully saturated rings. The van der Waals surface area contributed by atoms with Crippen molar-refractivity contribution in [2.45, 2.75) is 25.2 Å². The van der Waals surface area contributed by atoms with E-state index in [1.807, 2.05) is 0 Å². The second-order valence-electron chi connectivity index (χ2n) is 3.22. The molecule has 0 bridgehead atoms. The Morgan fingerprint density at radius 2 is 2.23 bits per heavy atom. The number of nitrogens with one attached hydrogen (secondary N) is 1. The normalized spacial score (nSPS) is 17.0. The molecule has 5 heteroatoms. The number of hydrogen-bond acceptors (Lipinski definition) is 3. The van der Waals surface area contributed by atoms with Crippen LogP contribution in [-0.4, -0.2) is 15.1 Å². The van der Waals surface area contributed by atoms with Crippen LogP contribution in [0, 0.1) is 0 Å². The quantitative estimate of drug-likeness (QED) is 0.787. The third kappa shape index (κ3) is 1.48. The van der Waals surface area contributed by atoms with Crippen molar-refractivity contribution in [1.29, 1.82) is 0 Å². The van der Waals surface area contributed by atoms with E-state index in [1.54, 1.807) is 0 Å². The summed E-state index contributed by atoms with van der Waals surface area (Å²) >= 11 is 2.95. The summed E-state index contributed by atoms with van der Waals surface area (Å²) in [6, 6.07) is 0. The van der Waals surface area contributed by atoms with Gasteiger partial charge in [0, 0.05) is 5.92 Å². The van der Waals surface area contributed by atoms with Gasteiger partial charge in [-0.1, -0.05) is 6.42 Å². The van der Waals surface area contributed by atoms with Crippen molar-refractivity contribution >= 4 is 15.9 Å². The van der Waals surface area contributed by atoms with E-state index in [4.69, 9.17) is 0 Å². The lowest BCUT2D eigenvalue weighted by molar-refractivity contribution is 0.385. The van der Waals surface area contributed by atoms with Gasteiger partial charge in [0.05, 0.1) is 0 Å². The van der Waals surface area contributed by atoms with Crippen LogP contribution in [0.3, 0.4) is 0 Å². The monoisotopic (exact) mass is 244 g/mol. The molecule has 0 amide bonds. The van der Waals surface area contributed by atoms with Gasteiger partial charge in [0.25, 0.3) is 5.56 Å². The Labute approximate surface area is 83.1 Å². The molecule has 0 aromatic carbocycles. The van der Waals surface area contributed by atoms with E-state index in [2.05, 4.69) is 25.9 Å². The summed E-state index contributed by atoms with van der Waals surface area (Å²) in [4.78, 5) is 17.8. The molecular formula is C8H9BrN2O2. The SMILES string of the molecule is O=c1[nH]c(C2CCC2)nc(O)c1Br. The highest BCUT2D eigenvalue weighted by atomic mass is 79.9. The maximum atomic E-state index is 11.2. The highest BCUT2D eigenvalue weighted by molar-refractivity contribution is 9.10. The van der Waals surface area contributed by atoms with E-state index >= 15 is 0 Å². The summed E-state index contributed by atoms with van der Waals surface area (Å²) in [5.74, 6) is 0.717. The fourth-order valence-corrected chi connectivity index (χ4v) is 1.53. The zero-order valence-corrected chi connectivity index (χ0v) is 8.47. The van der Waals surface area contributed by atoms with Crippen molar-refractivity contribution in [2.24, 2.45) is 0 Å². The van der Waals surface area contributed by atoms with Gasteiger partial charge in [0.15, 0.2) is 0 Å². The number of aromatic nitrogens is 2. The Hall–Kier alpha value is -0.840. The van der Waals surface area contributed by atoms with Gasteiger partial charge in [-0.05, 0) is 28.8 Å². The first-order valence-electron chi connectivity index (χ1n) is 4.17.